The predicted molar refractivity (Wildman–Crippen MR) is 148 cm³/mol. The number of hydrogen-bond donors (Lipinski definition) is 0. The van der Waals surface area contributed by atoms with E-state index in [0.717, 1.165) is 22.9 Å². The van der Waals surface area contributed by atoms with Crippen LogP contribution in [0.15, 0.2) is 41.0 Å². The molecule has 1 fully saturated rings. The molecule has 34 heavy (non-hydrogen) atoms. The van der Waals surface area contributed by atoms with Crippen LogP contribution in [0, 0.1) is 17.0 Å². The minimum Gasteiger partial charge on any atom is -0.483 e. The van der Waals surface area contributed by atoms with Crippen LogP contribution < -0.4 is 8.45 Å². The number of aryl methyl sites for hydroxylation is 1. The molecule has 0 N–H and O–H groups in total. The molecule has 1 aliphatic carbocycles. The van der Waals surface area contributed by atoms with E-state index in [1.54, 1.807) is 9.78 Å². The van der Waals surface area contributed by atoms with Gasteiger partial charge in [-0.25, -0.2) is 0 Å². The van der Waals surface area contributed by atoms with Crippen LogP contribution in [0.4, 0.5) is 5.69 Å². The number of nitrogens with zero attached hydrogens (tertiary/aromatic N) is 2. The van der Waals surface area contributed by atoms with Crippen molar-refractivity contribution in [3.8, 4) is 5.75 Å². The van der Waals surface area contributed by atoms with Crippen molar-refractivity contribution in [3.05, 3.63) is 56.7 Å². The molecule has 0 atom stereocenters. The van der Waals surface area contributed by atoms with Crippen LogP contribution >= 0.6 is 15.9 Å². The number of pyridine rings is 1. The van der Waals surface area contributed by atoms with Crippen molar-refractivity contribution in [2.45, 2.75) is 98.5 Å². The molecule has 1 heterocycles. The van der Waals surface area contributed by atoms with Crippen molar-refractivity contribution < 1.29 is 9.66 Å². The van der Waals surface area contributed by atoms with E-state index in [9.17, 15) is 10.1 Å². The molecule has 188 valence electrons. The summed E-state index contributed by atoms with van der Waals surface area (Å²) in [5.41, 5.74) is 0.882. The first-order valence-corrected chi connectivity index (χ1v) is 21.2. The van der Waals surface area contributed by atoms with Crippen LogP contribution in [0.3, 0.4) is 0 Å². The van der Waals surface area contributed by atoms with E-state index in [1.807, 2.05) is 13.1 Å². The summed E-state index contributed by atoms with van der Waals surface area (Å²) in [4.78, 5) is 15.2. The molecule has 1 saturated carbocycles. The molecule has 0 aliphatic heterocycles. The number of aromatic nitrogens is 1. The second-order valence-corrected chi connectivity index (χ2v) is 23.4. The van der Waals surface area contributed by atoms with Gasteiger partial charge in [0.25, 0.3) is 0 Å². The molecule has 1 aromatic heterocycles. The Bertz CT molecular complexity index is 869. The van der Waals surface area contributed by atoms with Crippen molar-refractivity contribution in [2.75, 3.05) is 0 Å². The van der Waals surface area contributed by atoms with Gasteiger partial charge >= 0.3 is 130 Å². The Hall–Kier alpha value is -1.15. The van der Waals surface area contributed by atoms with Gasteiger partial charge < -0.3 is 4.74 Å². The van der Waals surface area contributed by atoms with Crippen LogP contribution in [-0.4, -0.2) is 34.4 Å². The molecular weight excluding hydrogens is 599 g/mol. The smallest absolute Gasteiger partial charge is 0.311 e. The van der Waals surface area contributed by atoms with E-state index >= 15 is 0 Å². The van der Waals surface area contributed by atoms with E-state index in [2.05, 4.69) is 54.9 Å². The zero-order valence-corrected chi connectivity index (χ0v) is 25.8. The van der Waals surface area contributed by atoms with Crippen LogP contribution in [0.25, 0.3) is 0 Å². The number of ether oxygens (including phenoxy) is 1. The first-order chi connectivity index (χ1) is 16.4. The molecule has 1 aliphatic rings. The molecule has 0 bridgehead atoms. The van der Waals surface area contributed by atoms with Gasteiger partial charge in [-0.15, -0.1) is 0 Å². The van der Waals surface area contributed by atoms with Gasteiger partial charge in [0.1, 0.15) is 0 Å². The summed E-state index contributed by atoms with van der Waals surface area (Å²) in [6.07, 6.45) is 12.4. The number of nitro benzene ring substituents is 1. The van der Waals surface area contributed by atoms with Gasteiger partial charge in [0, 0.05) is 16.6 Å². The van der Waals surface area contributed by atoms with E-state index in [1.165, 1.54) is 57.9 Å². The van der Waals surface area contributed by atoms with Gasteiger partial charge in [-0.3, -0.25) is 10.1 Å². The number of halogens is 1. The predicted octanol–water partition coefficient (Wildman–Crippen LogP) is 8.34. The van der Waals surface area contributed by atoms with Crippen LogP contribution in [0.5, 0.6) is 5.75 Å². The number of nitro groups is 1. The first-order valence-electron chi connectivity index (χ1n) is 12.9. The third kappa shape index (κ3) is 9.14. The van der Waals surface area contributed by atoms with E-state index in [0.29, 0.717) is 5.75 Å². The third-order valence-corrected chi connectivity index (χ3v) is 22.5. The van der Waals surface area contributed by atoms with Crippen molar-refractivity contribution in [3.63, 3.8) is 0 Å². The number of unbranched alkanes of at least 4 members (excludes halogenated alkanes) is 3. The molecule has 2 aromatic rings. The zero-order valence-electron chi connectivity index (χ0n) is 21.3. The summed E-state index contributed by atoms with van der Waals surface area (Å²) < 4.78 is 12.4. The average Bonchev–Trinajstić information content (AvgIpc) is 3.66. The van der Waals surface area contributed by atoms with Gasteiger partial charge in [-0.1, -0.05) is 15.9 Å². The fraction of sp³-hybridized carbons (Fsp3) is 0.593. The summed E-state index contributed by atoms with van der Waals surface area (Å²) in [5, 5.41) is 10.8. The Morgan fingerprint density at radius 3 is 2.09 bits per heavy atom. The minimum absolute atomic E-state index is 0.0441. The Labute approximate surface area is 218 Å². The summed E-state index contributed by atoms with van der Waals surface area (Å²) in [7, 11) is 0. The topological polar surface area (TPSA) is 65.3 Å². The Morgan fingerprint density at radius 1 is 1.06 bits per heavy atom. The largest absolute Gasteiger partial charge is 0.483 e. The van der Waals surface area contributed by atoms with Crippen molar-refractivity contribution in [1.82, 2.24) is 4.98 Å². The molecule has 7 heteroatoms. The molecule has 3 rings (SSSR count). The maximum Gasteiger partial charge on any atom is 0.311 e. The normalized spacial score (nSPS) is 13.2. The van der Waals surface area contributed by atoms with Gasteiger partial charge in [-0.05, 0) is 25.3 Å². The van der Waals surface area contributed by atoms with Crippen LogP contribution in [-0.2, 0) is 0 Å². The molecule has 1 aromatic carbocycles. The van der Waals surface area contributed by atoms with Gasteiger partial charge in [0.2, 0.25) is 0 Å². The molecule has 0 radical (unpaired) electrons. The van der Waals surface area contributed by atoms with Gasteiger partial charge in [0.15, 0.2) is 5.75 Å². The molecule has 0 saturated heterocycles. The first kappa shape index (κ1) is 29.1. The van der Waals surface area contributed by atoms with E-state index in [4.69, 9.17) is 9.72 Å². The van der Waals surface area contributed by atoms with Crippen molar-refractivity contribution in [1.29, 1.82) is 0 Å². The monoisotopic (exact) mass is 640 g/mol. The number of benzene rings is 1. The standard InChI is InChI=1S/C10H10BrNO3.C5H4N.3C4H9.Sn/c1-6-4-9(12(13)14)10(5-8(6)11)15-7-2-3-7;1-2-4-6-5-3-1;3*1-3-4-2;/h4-5,7H,2-3H2,1H3;1-4H;3*1,3-4H2,2H3;. The molecule has 0 spiro atoms. The van der Waals surface area contributed by atoms with Gasteiger partial charge in [0.05, 0.1) is 11.0 Å². The summed E-state index contributed by atoms with van der Waals surface area (Å²) in [6.45, 7) is 8.80. The average molecular weight is 640 g/mol. The molecule has 0 unspecified atom stereocenters. The Morgan fingerprint density at radius 2 is 1.65 bits per heavy atom. The quantitative estimate of drug-likeness (QED) is 0.126. The minimum atomic E-state index is -2.21. The van der Waals surface area contributed by atoms with E-state index < -0.39 is 23.3 Å². The van der Waals surface area contributed by atoms with Crippen LogP contribution in [0.2, 0.25) is 13.3 Å². The zero-order chi connectivity index (χ0) is 25.0. The summed E-state index contributed by atoms with van der Waals surface area (Å²) >= 11 is 1.13. The second-order valence-electron chi connectivity index (χ2n) is 9.45. The number of rotatable bonds is 13. The molecule has 5 nitrogen and oxygen atoms in total. The van der Waals surface area contributed by atoms with Crippen LogP contribution in [0.1, 0.15) is 77.7 Å². The summed E-state index contributed by atoms with van der Waals surface area (Å²) in [5.74, 6) is 0.361. The number of hydrogen-bond acceptors (Lipinski definition) is 4. The van der Waals surface area contributed by atoms with Crippen molar-refractivity contribution in [2.24, 2.45) is 0 Å². The Kier molecular flexibility index (Phi) is 12.9. The third-order valence-electron chi connectivity index (χ3n) is 6.49. The van der Waals surface area contributed by atoms with E-state index in [-0.39, 0.29) is 11.8 Å². The maximum absolute atomic E-state index is 10.8. The fourth-order valence-corrected chi connectivity index (χ4v) is 20.0. The van der Waals surface area contributed by atoms with Gasteiger partial charge in [-0.2, -0.15) is 0 Å². The second kappa shape index (κ2) is 15.1. The fourth-order valence-electron chi connectivity index (χ4n) is 4.23. The Balaban J connectivity index is 0.000000246. The summed E-state index contributed by atoms with van der Waals surface area (Å²) in [6, 6.07) is 9.82. The SMILES string of the molecule is CCC[CH2][Sn]([CH2]CCC)([CH2]CCC)[c]1ccccn1.Cc1cc([N+](=O)[O-])c(OC2CC2)cc1Br. The van der Waals surface area contributed by atoms with Crippen molar-refractivity contribution >= 4 is 43.7 Å². The molecular formula is C27H41BrN2O3Sn. The molecule has 0 amide bonds. The maximum atomic E-state index is 10.8.